The summed E-state index contributed by atoms with van der Waals surface area (Å²) in [7, 11) is 0. The van der Waals surface area contributed by atoms with Gasteiger partial charge in [0.05, 0.1) is 0 Å². The summed E-state index contributed by atoms with van der Waals surface area (Å²) in [5.74, 6) is -0.866. The normalized spacial score (nSPS) is 19.6. The van der Waals surface area contributed by atoms with Crippen molar-refractivity contribution in [2.24, 2.45) is 5.92 Å². The first kappa shape index (κ1) is 17.8. The number of ether oxygens (including phenoxy) is 1. The second-order valence-electron chi connectivity index (χ2n) is 6.82. The Hall–Kier alpha value is -2.57. The number of benzene rings is 1. The first-order valence-corrected chi connectivity index (χ1v) is 7.89. The lowest BCUT2D eigenvalue weighted by Crippen LogP contribution is -2.53. The van der Waals surface area contributed by atoms with Crippen LogP contribution in [0.1, 0.15) is 44.0 Å². The van der Waals surface area contributed by atoms with E-state index in [1.54, 1.807) is 45.0 Å². The summed E-state index contributed by atoms with van der Waals surface area (Å²) in [4.78, 5) is 35.4. The first-order valence-electron chi connectivity index (χ1n) is 7.89. The minimum Gasteiger partial charge on any atom is -0.444 e. The molecule has 1 fully saturated rings. The average molecular weight is 333 g/mol. The maximum Gasteiger partial charge on any atom is 0.407 e. The fraction of sp³-hybridized carbons (Fsp3) is 0.471. The number of nitrogens with one attached hydrogen (secondary N) is 3. The number of amides is 3. The van der Waals surface area contributed by atoms with Crippen molar-refractivity contribution in [1.82, 2.24) is 16.2 Å². The van der Waals surface area contributed by atoms with Gasteiger partial charge in [0, 0.05) is 17.5 Å². The van der Waals surface area contributed by atoms with Gasteiger partial charge in [-0.25, -0.2) is 4.79 Å². The predicted molar refractivity (Wildman–Crippen MR) is 87.9 cm³/mol. The van der Waals surface area contributed by atoms with Crippen LogP contribution >= 0.6 is 0 Å². The van der Waals surface area contributed by atoms with Gasteiger partial charge in [-0.05, 0) is 45.7 Å². The zero-order valence-electron chi connectivity index (χ0n) is 14.1. The van der Waals surface area contributed by atoms with E-state index in [1.807, 2.05) is 6.07 Å². The highest BCUT2D eigenvalue weighted by Crippen LogP contribution is 2.27. The highest BCUT2D eigenvalue weighted by atomic mass is 16.6. The summed E-state index contributed by atoms with van der Waals surface area (Å²) < 4.78 is 5.16. The molecular weight excluding hydrogens is 310 g/mol. The third-order valence-electron chi connectivity index (χ3n) is 3.56. The van der Waals surface area contributed by atoms with Crippen LogP contribution in [-0.4, -0.2) is 29.6 Å². The van der Waals surface area contributed by atoms with E-state index < -0.39 is 11.7 Å². The van der Waals surface area contributed by atoms with Crippen LogP contribution in [0.3, 0.4) is 0 Å². The molecule has 0 spiro atoms. The Balaban J connectivity index is 1.67. The number of rotatable bonds is 3. The fourth-order valence-corrected chi connectivity index (χ4v) is 2.31. The standard InChI is InChI=1S/C17H23N3O4/c1-17(2,3)24-16(23)18-13-9-12(10-13)15(22)20-19-14(21)11-7-5-4-6-8-11/h4-8,12-13H,9-10H2,1-3H3,(H,18,23)(H,19,21)(H,20,22)/t12-,13+. The second kappa shape index (κ2) is 7.33. The fourth-order valence-electron chi connectivity index (χ4n) is 2.31. The molecule has 0 aliphatic heterocycles. The number of carbonyl (C=O) groups is 3. The zero-order valence-corrected chi connectivity index (χ0v) is 14.1. The van der Waals surface area contributed by atoms with E-state index in [1.165, 1.54) is 0 Å². The quantitative estimate of drug-likeness (QED) is 0.734. The largest absolute Gasteiger partial charge is 0.444 e. The van der Waals surface area contributed by atoms with Crippen molar-refractivity contribution in [2.45, 2.75) is 45.3 Å². The van der Waals surface area contributed by atoms with Crippen LogP contribution < -0.4 is 16.2 Å². The van der Waals surface area contributed by atoms with E-state index in [0.717, 1.165) is 0 Å². The summed E-state index contributed by atoms with van der Waals surface area (Å²) in [5.41, 5.74) is 4.72. The monoisotopic (exact) mass is 333 g/mol. The van der Waals surface area contributed by atoms with Gasteiger partial charge in [-0.1, -0.05) is 18.2 Å². The van der Waals surface area contributed by atoms with Gasteiger partial charge in [-0.2, -0.15) is 0 Å². The predicted octanol–water partition coefficient (Wildman–Crippen LogP) is 1.75. The van der Waals surface area contributed by atoms with Gasteiger partial charge in [-0.3, -0.25) is 20.4 Å². The minimum atomic E-state index is -0.549. The molecule has 0 bridgehead atoms. The third kappa shape index (κ3) is 5.26. The van der Waals surface area contributed by atoms with Crippen LogP contribution in [-0.2, 0) is 9.53 Å². The van der Waals surface area contributed by atoms with Gasteiger partial charge >= 0.3 is 6.09 Å². The molecule has 3 N–H and O–H groups in total. The van der Waals surface area contributed by atoms with Gasteiger partial charge in [0.2, 0.25) is 5.91 Å². The van der Waals surface area contributed by atoms with Crippen molar-refractivity contribution in [3.05, 3.63) is 35.9 Å². The summed E-state index contributed by atoms with van der Waals surface area (Å²) in [6.45, 7) is 5.37. The Morgan fingerprint density at radius 2 is 1.67 bits per heavy atom. The van der Waals surface area contributed by atoms with Crippen LogP contribution in [0.5, 0.6) is 0 Å². The molecule has 0 heterocycles. The molecule has 3 amide bonds. The summed E-state index contributed by atoms with van der Waals surface area (Å²) in [6.07, 6.45) is 0.558. The first-order chi connectivity index (χ1) is 11.2. The lowest BCUT2D eigenvalue weighted by atomic mass is 9.80. The number of carbonyl (C=O) groups excluding carboxylic acids is 3. The Labute approximate surface area is 141 Å². The molecule has 0 atom stereocenters. The molecule has 1 aromatic rings. The molecule has 130 valence electrons. The van der Waals surface area contributed by atoms with E-state index in [0.29, 0.717) is 18.4 Å². The molecule has 2 rings (SSSR count). The molecule has 1 aliphatic rings. The van der Waals surface area contributed by atoms with Crippen molar-refractivity contribution in [3.63, 3.8) is 0 Å². The number of alkyl carbamates (subject to hydrolysis) is 1. The van der Waals surface area contributed by atoms with E-state index in [-0.39, 0.29) is 23.8 Å². The van der Waals surface area contributed by atoms with Crippen LogP contribution in [0.4, 0.5) is 4.79 Å². The van der Waals surface area contributed by atoms with Gasteiger partial charge in [-0.15, -0.1) is 0 Å². The molecule has 0 radical (unpaired) electrons. The number of hydrogen-bond acceptors (Lipinski definition) is 4. The van der Waals surface area contributed by atoms with Crippen LogP contribution in [0.15, 0.2) is 30.3 Å². The molecule has 0 aromatic heterocycles. The van der Waals surface area contributed by atoms with Crippen LogP contribution in [0, 0.1) is 5.92 Å². The van der Waals surface area contributed by atoms with Crippen molar-refractivity contribution >= 4 is 17.9 Å². The van der Waals surface area contributed by atoms with Crippen molar-refractivity contribution in [2.75, 3.05) is 0 Å². The number of hydrazine groups is 1. The molecule has 7 heteroatoms. The second-order valence-corrected chi connectivity index (χ2v) is 6.82. The molecule has 1 aliphatic carbocycles. The smallest absolute Gasteiger partial charge is 0.407 e. The Kier molecular flexibility index (Phi) is 5.43. The van der Waals surface area contributed by atoms with Gasteiger partial charge in [0.25, 0.3) is 5.91 Å². The molecule has 0 saturated heterocycles. The van der Waals surface area contributed by atoms with Crippen molar-refractivity contribution in [3.8, 4) is 0 Å². The van der Waals surface area contributed by atoms with Crippen molar-refractivity contribution < 1.29 is 19.1 Å². The highest BCUT2D eigenvalue weighted by molar-refractivity contribution is 5.95. The van der Waals surface area contributed by atoms with E-state index >= 15 is 0 Å². The maximum absolute atomic E-state index is 12.0. The van der Waals surface area contributed by atoms with E-state index in [4.69, 9.17) is 4.74 Å². The van der Waals surface area contributed by atoms with Gasteiger partial charge in [0.1, 0.15) is 5.60 Å². The highest BCUT2D eigenvalue weighted by Gasteiger charge is 2.36. The Morgan fingerprint density at radius 3 is 2.25 bits per heavy atom. The average Bonchev–Trinajstić information content (AvgIpc) is 2.47. The molecule has 0 unspecified atom stereocenters. The summed E-state index contributed by atoms with van der Waals surface area (Å²) in [5, 5.41) is 2.72. The Morgan fingerprint density at radius 1 is 1.04 bits per heavy atom. The number of hydrogen-bond donors (Lipinski definition) is 3. The lowest BCUT2D eigenvalue weighted by molar-refractivity contribution is -0.129. The third-order valence-corrected chi connectivity index (χ3v) is 3.56. The van der Waals surface area contributed by atoms with Gasteiger partial charge in [0.15, 0.2) is 0 Å². The zero-order chi connectivity index (χ0) is 17.7. The summed E-state index contributed by atoms with van der Waals surface area (Å²) >= 11 is 0. The van der Waals surface area contributed by atoms with Crippen LogP contribution in [0.25, 0.3) is 0 Å². The maximum atomic E-state index is 12.0. The summed E-state index contributed by atoms with van der Waals surface area (Å²) in [6, 6.07) is 8.53. The molecule has 1 aromatic carbocycles. The molecule has 7 nitrogen and oxygen atoms in total. The van der Waals surface area contributed by atoms with E-state index in [9.17, 15) is 14.4 Å². The Bertz CT molecular complexity index is 604. The lowest BCUT2D eigenvalue weighted by Gasteiger charge is -2.35. The molecular formula is C17H23N3O4. The van der Waals surface area contributed by atoms with Crippen molar-refractivity contribution in [1.29, 1.82) is 0 Å². The topological polar surface area (TPSA) is 96.5 Å². The minimum absolute atomic E-state index is 0.0829. The molecule has 24 heavy (non-hydrogen) atoms. The SMILES string of the molecule is CC(C)(C)OC(=O)N[C@H]1C[C@@H](C(=O)NNC(=O)c2ccccc2)C1. The van der Waals surface area contributed by atoms with Gasteiger partial charge < -0.3 is 10.1 Å². The van der Waals surface area contributed by atoms with E-state index in [2.05, 4.69) is 16.2 Å². The van der Waals surface area contributed by atoms with Crippen LogP contribution in [0.2, 0.25) is 0 Å². The molecule has 1 saturated carbocycles.